The van der Waals surface area contributed by atoms with Crippen molar-refractivity contribution in [2.45, 2.75) is 32.1 Å². The number of aliphatic carboxylic acids is 1. The smallest absolute Gasteiger partial charge is 0.309 e. The topological polar surface area (TPSA) is 55.1 Å². The molecule has 1 aliphatic rings. The maximum atomic E-state index is 10.4. The fourth-order valence-electron chi connectivity index (χ4n) is 3.06. The van der Waals surface area contributed by atoms with Gasteiger partial charge in [-0.3, -0.25) is 9.78 Å². The van der Waals surface area contributed by atoms with E-state index in [1.54, 1.807) is 6.20 Å². The molecule has 4 rings (SSSR count). The molecule has 1 saturated carbocycles. The van der Waals surface area contributed by atoms with Crippen molar-refractivity contribution >= 4 is 22.9 Å². The number of para-hydroxylation sites is 1. The van der Waals surface area contributed by atoms with Gasteiger partial charge in [0, 0.05) is 24.8 Å². The number of fused-ring (bicyclic) bond motifs is 1. The molecule has 0 radical (unpaired) electrons. The van der Waals surface area contributed by atoms with Crippen molar-refractivity contribution in [1.82, 2.24) is 9.55 Å². The van der Waals surface area contributed by atoms with E-state index in [4.69, 9.17) is 5.11 Å². The summed E-state index contributed by atoms with van der Waals surface area (Å²) >= 11 is 0. The first-order valence-corrected chi connectivity index (χ1v) is 8.92. The molecule has 1 N–H and O–H groups in total. The van der Waals surface area contributed by atoms with Crippen molar-refractivity contribution < 1.29 is 9.90 Å². The van der Waals surface area contributed by atoms with Gasteiger partial charge in [0.2, 0.25) is 0 Å². The molecule has 0 saturated heterocycles. The minimum absolute atomic E-state index is 0.0188. The molecule has 0 amide bonds. The molecule has 2 heterocycles. The zero-order valence-corrected chi connectivity index (χ0v) is 15.2. The van der Waals surface area contributed by atoms with Crippen LogP contribution < -0.4 is 0 Å². The van der Waals surface area contributed by atoms with Crippen LogP contribution in [-0.2, 0) is 18.3 Å². The second-order valence-corrected chi connectivity index (χ2v) is 6.64. The third-order valence-corrected chi connectivity index (χ3v) is 4.50. The highest BCUT2D eigenvalue weighted by atomic mass is 16.4. The molecule has 4 nitrogen and oxygen atoms in total. The number of nitrogens with zero attached hydrogens (tertiary/aromatic N) is 2. The highest BCUT2D eigenvalue weighted by Gasteiger charge is 2.23. The fraction of sp³-hybridized carbons (Fsp3) is 0.273. The molecule has 1 fully saturated rings. The van der Waals surface area contributed by atoms with Crippen molar-refractivity contribution in [1.29, 1.82) is 0 Å². The Bertz CT molecular complexity index is 919. The number of hydrogen-bond acceptors (Lipinski definition) is 2. The summed E-state index contributed by atoms with van der Waals surface area (Å²) in [5.74, 6) is -0.141. The zero-order chi connectivity index (χ0) is 18.5. The van der Waals surface area contributed by atoms with Gasteiger partial charge in [-0.25, -0.2) is 0 Å². The van der Waals surface area contributed by atoms with Gasteiger partial charge in [0.15, 0.2) is 0 Å². The van der Waals surface area contributed by atoms with E-state index in [-0.39, 0.29) is 6.42 Å². The Kier molecular flexibility index (Phi) is 5.52. The molecule has 0 aliphatic heterocycles. The van der Waals surface area contributed by atoms with E-state index >= 15 is 0 Å². The number of carboxylic acid groups (broad SMARTS) is 1. The predicted octanol–water partition coefficient (Wildman–Crippen LogP) is 4.80. The Morgan fingerprint density at radius 3 is 2.69 bits per heavy atom. The average molecular weight is 348 g/mol. The summed E-state index contributed by atoms with van der Waals surface area (Å²) in [5.41, 5.74) is 4.47. The zero-order valence-electron chi connectivity index (χ0n) is 15.2. The van der Waals surface area contributed by atoms with Gasteiger partial charge < -0.3 is 9.67 Å². The van der Waals surface area contributed by atoms with E-state index in [0.717, 1.165) is 0 Å². The third kappa shape index (κ3) is 4.39. The number of aryl methyl sites for hydroxylation is 1. The summed E-state index contributed by atoms with van der Waals surface area (Å²) < 4.78 is 2.16. The minimum Gasteiger partial charge on any atom is -0.481 e. The number of hydrogen-bond donors (Lipinski definition) is 1. The summed E-state index contributed by atoms with van der Waals surface area (Å²) in [7, 11) is 2.08. The van der Waals surface area contributed by atoms with E-state index in [1.807, 2.05) is 19.1 Å². The van der Waals surface area contributed by atoms with Gasteiger partial charge in [-0.15, -0.1) is 0 Å². The summed E-state index contributed by atoms with van der Waals surface area (Å²) in [6.45, 7) is 2.04. The number of rotatable bonds is 4. The number of aromatic nitrogens is 2. The highest BCUT2D eigenvalue weighted by molar-refractivity contribution is 5.88. The van der Waals surface area contributed by atoms with Gasteiger partial charge in [-0.05, 0) is 48.9 Å². The molecular weight excluding hydrogens is 324 g/mol. The Hall–Kier alpha value is -2.88. The highest BCUT2D eigenvalue weighted by Crippen LogP contribution is 2.39. The number of carbonyl (C=O) groups is 1. The Labute approximate surface area is 153 Å². The Morgan fingerprint density at radius 2 is 2.08 bits per heavy atom. The quantitative estimate of drug-likeness (QED) is 0.737. The fourth-order valence-corrected chi connectivity index (χ4v) is 3.06. The molecule has 0 bridgehead atoms. The maximum absolute atomic E-state index is 10.4. The van der Waals surface area contributed by atoms with Crippen molar-refractivity contribution in [3.8, 4) is 0 Å². The molecule has 3 aromatic rings. The molecule has 4 heteroatoms. The summed E-state index contributed by atoms with van der Waals surface area (Å²) in [4.78, 5) is 14.5. The van der Waals surface area contributed by atoms with E-state index in [1.165, 1.54) is 34.9 Å². The lowest BCUT2D eigenvalue weighted by Gasteiger charge is -2.00. The minimum atomic E-state index is -0.827. The van der Waals surface area contributed by atoms with Gasteiger partial charge in [0.1, 0.15) is 0 Å². The lowest BCUT2D eigenvalue weighted by atomic mass is 10.1. The SMILES string of the molecule is C/C=C/c1cccc2ccn(C)c12.O=C(O)Cc1ccc(C2CC2)cn1. The van der Waals surface area contributed by atoms with E-state index < -0.39 is 5.97 Å². The lowest BCUT2D eigenvalue weighted by molar-refractivity contribution is -0.136. The third-order valence-electron chi connectivity index (χ3n) is 4.50. The second kappa shape index (κ2) is 8.00. The summed E-state index contributed by atoms with van der Waals surface area (Å²) in [6.07, 6.45) is 10.6. The molecule has 1 aliphatic carbocycles. The van der Waals surface area contributed by atoms with Crippen LogP contribution in [0, 0.1) is 0 Å². The standard InChI is InChI=1S/C12H13N.C10H11NO2/c1-3-5-10-6-4-7-11-8-9-13(2)12(10)11;12-10(13)5-9-4-3-8(6-11-9)7-1-2-7/h3-9H,1-2H3;3-4,6-7H,1-2,5H2,(H,12,13)/b5-3+;. The lowest BCUT2D eigenvalue weighted by Crippen LogP contribution is -2.02. The van der Waals surface area contributed by atoms with Crippen LogP contribution in [-0.4, -0.2) is 20.6 Å². The van der Waals surface area contributed by atoms with Crippen LogP contribution in [0.1, 0.15) is 42.5 Å². The van der Waals surface area contributed by atoms with Gasteiger partial charge in [-0.1, -0.05) is 36.4 Å². The van der Waals surface area contributed by atoms with Crippen molar-refractivity contribution in [3.05, 3.63) is 71.7 Å². The van der Waals surface area contributed by atoms with Crippen LogP contribution in [0.25, 0.3) is 17.0 Å². The van der Waals surface area contributed by atoms with Gasteiger partial charge in [-0.2, -0.15) is 0 Å². The van der Waals surface area contributed by atoms with E-state index in [2.05, 4.69) is 59.2 Å². The summed E-state index contributed by atoms with van der Waals surface area (Å²) in [6, 6.07) is 12.3. The number of benzene rings is 1. The van der Waals surface area contributed by atoms with Crippen molar-refractivity contribution in [2.24, 2.45) is 7.05 Å². The molecule has 0 atom stereocenters. The van der Waals surface area contributed by atoms with Gasteiger partial charge >= 0.3 is 5.97 Å². The first-order valence-electron chi connectivity index (χ1n) is 8.92. The normalized spacial score (nSPS) is 13.6. The number of allylic oxidation sites excluding steroid dienone is 1. The first kappa shape index (κ1) is 17.9. The average Bonchev–Trinajstić information content (AvgIpc) is 3.40. The second-order valence-electron chi connectivity index (χ2n) is 6.64. The molecule has 134 valence electrons. The predicted molar refractivity (Wildman–Crippen MR) is 105 cm³/mol. The largest absolute Gasteiger partial charge is 0.481 e. The van der Waals surface area contributed by atoms with Crippen LogP contribution in [0.15, 0.2) is 54.9 Å². The van der Waals surface area contributed by atoms with Gasteiger partial charge in [0.25, 0.3) is 0 Å². The molecular formula is C22H24N2O2. The Balaban J connectivity index is 0.000000151. The number of pyridine rings is 1. The van der Waals surface area contributed by atoms with E-state index in [9.17, 15) is 4.79 Å². The summed E-state index contributed by atoms with van der Waals surface area (Å²) in [5, 5.41) is 9.82. The molecule has 0 spiro atoms. The van der Waals surface area contributed by atoms with Crippen LogP contribution >= 0.6 is 0 Å². The van der Waals surface area contributed by atoms with Gasteiger partial charge in [0.05, 0.1) is 17.6 Å². The van der Waals surface area contributed by atoms with Crippen LogP contribution in [0.5, 0.6) is 0 Å². The molecule has 26 heavy (non-hydrogen) atoms. The molecule has 0 unspecified atom stereocenters. The van der Waals surface area contributed by atoms with Crippen LogP contribution in [0.3, 0.4) is 0 Å². The molecule has 1 aromatic carbocycles. The monoisotopic (exact) mass is 348 g/mol. The number of carboxylic acids is 1. The first-order chi connectivity index (χ1) is 12.6. The van der Waals surface area contributed by atoms with Crippen LogP contribution in [0.4, 0.5) is 0 Å². The van der Waals surface area contributed by atoms with Crippen LogP contribution in [0.2, 0.25) is 0 Å². The molecule has 2 aromatic heterocycles. The maximum Gasteiger partial charge on any atom is 0.309 e. The van der Waals surface area contributed by atoms with Crippen molar-refractivity contribution in [3.63, 3.8) is 0 Å². The Morgan fingerprint density at radius 1 is 1.27 bits per heavy atom. The van der Waals surface area contributed by atoms with Crippen molar-refractivity contribution in [2.75, 3.05) is 0 Å². The van der Waals surface area contributed by atoms with E-state index in [0.29, 0.717) is 11.6 Å².